The predicted octanol–water partition coefficient (Wildman–Crippen LogP) is 3.62. The molecule has 2 unspecified atom stereocenters. The molecule has 1 saturated heterocycles. The summed E-state index contributed by atoms with van der Waals surface area (Å²) in [4.78, 5) is 0. The number of fused-ring (bicyclic) bond motifs is 1. The summed E-state index contributed by atoms with van der Waals surface area (Å²) in [7, 11) is 0. The lowest BCUT2D eigenvalue weighted by Crippen LogP contribution is -2.19. The first-order valence-corrected chi connectivity index (χ1v) is 8.47. The van der Waals surface area contributed by atoms with E-state index in [2.05, 4.69) is 30.4 Å². The second-order valence-electron chi connectivity index (χ2n) is 6.18. The van der Waals surface area contributed by atoms with Gasteiger partial charge in [0.15, 0.2) is 0 Å². The second kappa shape index (κ2) is 7.28. The summed E-state index contributed by atoms with van der Waals surface area (Å²) in [6, 6.07) is 7.15. The van der Waals surface area contributed by atoms with Crippen molar-refractivity contribution in [2.45, 2.75) is 57.6 Å². The van der Waals surface area contributed by atoms with Gasteiger partial charge in [-0.1, -0.05) is 13.0 Å². The summed E-state index contributed by atoms with van der Waals surface area (Å²) in [6.45, 7) is 5.01. The fourth-order valence-corrected chi connectivity index (χ4v) is 3.39. The summed E-state index contributed by atoms with van der Waals surface area (Å²) in [5.74, 6) is 1.02. The zero-order chi connectivity index (χ0) is 14.5. The minimum Gasteiger partial charge on any atom is -0.493 e. The van der Waals surface area contributed by atoms with E-state index >= 15 is 0 Å². The van der Waals surface area contributed by atoms with Crippen molar-refractivity contribution in [3.05, 3.63) is 29.3 Å². The number of hydrogen-bond donors (Lipinski definition) is 1. The average molecular weight is 289 g/mol. The van der Waals surface area contributed by atoms with Gasteiger partial charge in [-0.3, -0.25) is 0 Å². The van der Waals surface area contributed by atoms with Gasteiger partial charge in [0.05, 0.1) is 12.7 Å². The fourth-order valence-electron chi connectivity index (χ4n) is 3.39. The van der Waals surface area contributed by atoms with E-state index in [1.807, 2.05) is 0 Å². The second-order valence-corrected chi connectivity index (χ2v) is 6.18. The van der Waals surface area contributed by atoms with Crippen LogP contribution < -0.4 is 10.1 Å². The van der Waals surface area contributed by atoms with Crippen LogP contribution in [0.3, 0.4) is 0 Å². The Labute approximate surface area is 128 Å². The van der Waals surface area contributed by atoms with Crippen molar-refractivity contribution >= 4 is 0 Å². The summed E-state index contributed by atoms with van der Waals surface area (Å²) in [5.41, 5.74) is 2.92. The maximum Gasteiger partial charge on any atom is 0.119 e. The van der Waals surface area contributed by atoms with Crippen LogP contribution in [0.5, 0.6) is 5.75 Å². The van der Waals surface area contributed by atoms with Crippen LogP contribution in [0.4, 0.5) is 0 Å². The summed E-state index contributed by atoms with van der Waals surface area (Å²) >= 11 is 0. The Hall–Kier alpha value is -1.06. The van der Waals surface area contributed by atoms with Crippen molar-refractivity contribution in [2.75, 3.05) is 19.8 Å². The van der Waals surface area contributed by atoms with E-state index in [1.54, 1.807) is 0 Å². The van der Waals surface area contributed by atoms with Crippen LogP contribution in [-0.4, -0.2) is 25.9 Å². The first-order chi connectivity index (χ1) is 10.4. The molecule has 21 heavy (non-hydrogen) atoms. The van der Waals surface area contributed by atoms with E-state index in [4.69, 9.17) is 9.47 Å². The molecule has 1 aromatic carbocycles. The van der Waals surface area contributed by atoms with E-state index in [0.29, 0.717) is 12.1 Å². The molecule has 116 valence electrons. The summed E-state index contributed by atoms with van der Waals surface area (Å²) in [6.07, 6.45) is 7.40. The van der Waals surface area contributed by atoms with Crippen LogP contribution in [0.25, 0.3) is 0 Å². The standard InChI is InChI=1S/C18H27NO2/c1-2-10-19-18-8-5-14-13-16(6-7-17(14)18)21-12-9-15-4-3-11-20-15/h6-7,13,15,18-19H,2-5,8-12H2,1H3. The van der Waals surface area contributed by atoms with E-state index in [1.165, 1.54) is 43.2 Å². The van der Waals surface area contributed by atoms with Crippen molar-refractivity contribution in [3.63, 3.8) is 0 Å². The third-order valence-corrected chi connectivity index (χ3v) is 4.57. The highest BCUT2D eigenvalue weighted by Gasteiger charge is 2.22. The minimum atomic E-state index is 0.419. The third-order valence-electron chi connectivity index (χ3n) is 4.57. The molecule has 0 spiro atoms. The Kier molecular flexibility index (Phi) is 5.15. The van der Waals surface area contributed by atoms with E-state index in [9.17, 15) is 0 Å². The Morgan fingerprint density at radius 3 is 3.10 bits per heavy atom. The number of aryl methyl sites for hydroxylation is 1. The molecule has 1 aromatic rings. The molecular formula is C18H27NO2. The number of nitrogens with one attached hydrogen (secondary N) is 1. The van der Waals surface area contributed by atoms with Gasteiger partial charge in [-0.25, -0.2) is 0 Å². The van der Waals surface area contributed by atoms with E-state index in [0.717, 1.165) is 31.9 Å². The van der Waals surface area contributed by atoms with E-state index in [-0.39, 0.29) is 0 Å². The van der Waals surface area contributed by atoms with Crippen LogP contribution in [0.2, 0.25) is 0 Å². The molecule has 1 aliphatic heterocycles. The van der Waals surface area contributed by atoms with E-state index < -0.39 is 0 Å². The molecule has 2 atom stereocenters. The van der Waals surface area contributed by atoms with Crippen LogP contribution in [0, 0.1) is 0 Å². The SMILES string of the molecule is CCCNC1CCc2cc(OCCC3CCCO3)ccc21. The zero-order valence-corrected chi connectivity index (χ0v) is 13.1. The van der Waals surface area contributed by atoms with Crippen molar-refractivity contribution < 1.29 is 9.47 Å². The molecule has 3 heteroatoms. The lowest BCUT2D eigenvalue weighted by molar-refractivity contribution is 0.0903. The lowest BCUT2D eigenvalue weighted by atomic mass is 10.1. The third kappa shape index (κ3) is 3.78. The maximum absolute atomic E-state index is 5.91. The Bertz CT molecular complexity index is 455. The molecule has 1 N–H and O–H groups in total. The molecule has 2 aliphatic rings. The Morgan fingerprint density at radius 1 is 1.33 bits per heavy atom. The Balaban J connectivity index is 1.51. The highest BCUT2D eigenvalue weighted by atomic mass is 16.5. The summed E-state index contributed by atoms with van der Waals surface area (Å²) < 4.78 is 11.5. The first-order valence-electron chi connectivity index (χ1n) is 8.47. The maximum atomic E-state index is 5.91. The van der Waals surface area contributed by atoms with Gasteiger partial charge in [0, 0.05) is 19.1 Å². The topological polar surface area (TPSA) is 30.5 Å². The van der Waals surface area contributed by atoms with Gasteiger partial charge in [0.2, 0.25) is 0 Å². The van der Waals surface area contributed by atoms with Gasteiger partial charge in [-0.05, 0) is 61.9 Å². The number of benzene rings is 1. The molecule has 3 rings (SSSR count). The largest absolute Gasteiger partial charge is 0.493 e. The monoisotopic (exact) mass is 289 g/mol. The molecule has 1 heterocycles. The molecule has 0 saturated carbocycles. The quantitative estimate of drug-likeness (QED) is 0.831. The Morgan fingerprint density at radius 2 is 2.29 bits per heavy atom. The average Bonchev–Trinajstić information content (AvgIpc) is 3.14. The molecule has 1 fully saturated rings. The lowest BCUT2D eigenvalue weighted by Gasteiger charge is -2.14. The number of hydrogen-bond acceptors (Lipinski definition) is 3. The van der Waals surface area contributed by atoms with Gasteiger partial charge in [0.1, 0.15) is 5.75 Å². The van der Waals surface area contributed by atoms with Crippen molar-refractivity contribution in [1.29, 1.82) is 0 Å². The van der Waals surface area contributed by atoms with Crippen molar-refractivity contribution in [1.82, 2.24) is 5.32 Å². The smallest absolute Gasteiger partial charge is 0.119 e. The molecule has 0 bridgehead atoms. The van der Waals surface area contributed by atoms with Gasteiger partial charge in [-0.2, -0.15) is 0 Å². The molecule has 0 aromatic heterocycles. The summed E-state index contributed by atoms with van der Waals surface area (Å²) in [5, 5.41) is 3.63. The molecule has 0 amide bonds. The van der Waals surface area contributed by atoms with Crippen LogP contribution in [0.15, 0.2) is 18.2 Å². The normalized spacial score (nSPS) is 24.2. The molecule has 0 radical (unpaired) electrons. The fraction of sp³-hybridized carbons (Fsp3) is 0.667. The van der Waals surface area contributed by atoms with Gasteiger partial charge < -0.3 is 14.8 Å². The highest BCUT2D eigenvalue weighted by molar-refractivity contribution is 5.40. The molecular weight excluding hydrogens is 262 g/mol. The van der Waals surface area contributed by atoms with Crippen molar-refractivity contribution in [2.24, 2.45) is 0 Å². The highest BCUT2D eigenvalue weighted by Crippen LogP contribution is 2.33. The van der Waals surface area contributed by atoms with Crippen LogP contribution in [0.1, 0.15) is 56.2 Å². The van der Waals surface area contributed by atoms with Crippen molar-refractivity contribution in [3.8, 4) is 5.75 Å². The molecule has 1 aliphatic carbocycles. The predicted molar refractivity (Wildman–Crippen MR) is 84.9 cm³/mol. The van der Waals surface area contributed by atoms with Crippen LogP contribution >= 0.6 is 0 Å². The van der Waals surface area contributed by atoms with Crippen LogP contribution in [-0.2, 0) is 11.2 Å². The van der Waals surface area contributed by atoms with Gasteiger partial charge >= 0.3 is 0 Å². The van der Waals surface area contributed by atoms with Gasteiger partial charge in [-0.15, -0.1) is 0 Å². The number of ether oxygens (including phenoxy) is 2. The first kappa shape index (κ1) is 14.9. The molecule has 3 nitrogen and oxygen atoms in total. The number of rotatable bonds is 7. The zero-order valence-electron chi connectivity index (χ0n) is 13.1. The van der Waals surface area contributed by atoms with Gasteiger partial charge in [0.25, 0.3) is 0 Å². The minimum absolute atomic E-state index is 0.419.